The summed E-state index contributed by atoms with van der Waals surface area (Å²) in [6, 6.07) is 22.2. The Hall–Kier alpha value is -3.66. The van der Waals surface area contributed by atoms with E-state index < -0.39 is 6.04 Å². The summed E-state index contributed by atoms with van der Waals surface area (Å²) in [5.41, 5.74) is 17.4. The maximum atomic E-state index is 13.1. The minimum atomic E-state index is -0.690. The molecule has 190 valence electrons. The second-order valence-corrected chi connectivity index (χ2v) is 10.3. The van der Waals surface area contributed by atoms with Crippen LogP contribution in [0.3, 0.4) is 0 Å². The number of anilines is 2. The summed E-state index contributed by atoms with van der Waals surface area (Å²) in [4.78, 5) is 30.4. The highest BCUT2D eigenvalue weighted by molar-refractivity contribution is 7.98. The summed E-state index contributed by atoms with van der Waals surface area (Å²) in [7, 11) is 0. The van der Waals surface area contributed by atoms with Gasteiger partial charge in [-0.1, -0.05) is 42.5 Å². The van der Waals surface area contributed by atoms with Crippen molar-refractivity contribution in [2.45, 2.75) is 19.0 Å². The predicted octanol–water partition coefficient (Wildman–Crippen LogP) is 5.01. The number of aromatic nitrogens is 1. The van der Waals surface area contributed by atoms with Crippen molar-refractivity contribution in [1.82, 2.24) is 10.3 Å². The Morgan fingerprint density at radius 3 is 2.43 bits per heavy atom. The molecule has 4 aromatic rings. The van der Waals surface area contributed by atoms with E-state index in [4.69, 9.17) is 11.5 Å². The normalized spacial score (nSPS) is 11.6. The average molecular weight is 532 g/mol. The van der Waals surface area contributed by atoms with Crippen LogP contribution in [-0.4, -0.2) is 34.8 Å². The van der Waals surface area contributed by atoms with E-state index in [1.165, 1.54) is 11.3 Å². The van der Waals surface area contributed by atoms with E-state index in [0.29, 0.717) is 29.3 Å². The van der Waals surface area contributed by atoms with Crippen LogP contribution < -0.4 is 22.1 Å². The van der Waals surface area contributed by atoms with E-state index in [2.05, 4.69) is 39.9 Å². The number of benzene rings is 3. The molecule has 1 aromatic heterocycles. The third-order valence-electron chi connectivity index (χ3n) is 5.82. The summed E-state index contributed by atoms with van der Waals surface area (Å²) in [6.07, 6.45) is 2.46. The number of hydrogen-bond donors (Lipinski definition) is 4. The number of nitrogens with one attached hydrogen (secondary N) is 2. The van der Waals surface area contributed by atoms with Crippen LogP contribution >= 0.6 is 23.1 Å². The van der Waals surface area contributed by atoms with Crippen molar-refractivity contribution in [2.24, 2.45) is 5.73 Å². The number of thioether (sulfide) groups is 1. The van der Waals surface area contributed by atoms with Gasteiger partial charge in [-0.25, -0.2) is 4.98 Å². The smallest absolute Gasteiger partial charge is 0.251 e. The Kier molecular flexibility index (Phi) is 8.95. The molecule has 3 aromatic carbocycles. The SMILES string of the molecule is CSCC[C@H](NC(=O)c1ccc(N)cc1)C(=O)Nc1nc(-c2cccc(-c3ccc(CN)cc3)c2)cs1. The van der Waals surface area contributed by atoms with Crippen LogP contribution in [0, 0.1) is 0 Å². The summed E-state index contributed by atoms with van der Waals surface area (Å²) in [5.74, 6) is 0.104. The highest BCUT2D eigenvalue weighted by Gasteiger charge is 2.22. The average Bonchev–Trinajstić information content (AvgIpc) is 3.40. The van der Waals surface area contributed by atoms with Gasteiger partial charge in [-0.3, -0.25) is 9.59 Å². The van der Waals surface area contributed by atoms with Gasteiger partial charge in [0.15, 0.2) is 5.13 Å². The number of thiazole rings is 1. The Balaban J connectivity index is 1.46. The van der Waals surface area contributed by atoms with Crippen molar-refractivity contribution >= 4 is 45.7 Å². The number of rotatable bonds is 10. The van der Waals surface area contributed by atoms with Gasteiger partial charge in [0.25, 0.3) is 5.91 Å². The van der Waals surface area contributed by atoms with Gasteiger partial charge in [0.1, 0.15) is 6.04 Å². The monoisotopic (exact) mass is 531 g/mol. The first-order valence-corrected chi connectivity index (χ1v) is 14.1. The largest absolute Gasteiger partial charge is 0.399 e. The van der Waals surface area contributed by atoms with E-state index in [-0.39, 0.29) is 11.8 Å². The Morgan fingerprint density at radius 1 is 1.00 bits per heavy atom. The number of carbonyl (C=O) groups is 2. The summed E-state index contributed by atoms with van der Waals surface area (Å²) in [5, 5.41) is 8.12. The molecule has 0 bridgehead atoms. The fraction of sp³-hybridized carbons (Fsp3) is 0.179. The van der Waals surface area contributed by atoms with E-state index >= 15 is 0 Å². The van der Waals surface area contributed by atoms with Crippen molar-refractivity contribution in [3.8, 4) is 22.4 Å². The minimum absolute atomic E-state index is 0.299. The molecule has 6 N–H and O–H groups in total. The summed E-state index contributed by atoms with van der Waals surface area (Å²) < 4.78 is 0. The van der Waals surface area contributed by atoms with Crippen molar-refractivity contribution in [1.29, 1.82) is 0 Å². The molecule has 9 heteroatoms. The molecule has 0 saturated heterocycles. The van der Waals surface area contributed by atoms with Crippen molar-refractivity contribution in [2.75, 3.05) is 23.1 Å². The molecule has 0 unspecified atom stereocenters. The Labute approximate surface area is 224 Å². The first-order valence-electron chi connectivity index (χ1n) is 11.8. The zero-order chi connectivity index (χ0) is 26.2. The highest BCUT2D eigenvalue weighted by Crippen LogP contribution is 2.29. The molecule has 0 aliphatic heterocycles. The molecule has 0 spiro atoms. The molecule has 0 fully saturated rings. The summed E-state index contributed by atoms with van der Waals surface area (Å²) >= 11 is 2.96. The molecular formula is C28H29N5O2S2. The number of amides is 2. The summed E-state index contributed by atoms with van der Waals surface area (Å²) in [6.45, 7) is 0.511. The lowest BCUT2D eigenvalue weighted by Crippen LogP contribution is -2.44. The van der Waals surface area contributed by atoms with Gasteiger partial charge in [0.05, 0.1) is 5.69 Å². The standard InChI is InChI=1S/C28H29N5O2S2/c1-36-14-13-24(31-26(34)20-9-11-23(30)12-10-20)27(35)33-28-32-25(17-37-28)22-4-2-3-21(15-22)19-7-5-18(16-29)6-8-19/h2-12,15,17,24H,13-14,16,29-30H2,1H3,(H,31,34)(H,32,33,35)/t24-/m0/s1. The molecular weight excluding hydrogens is 502 g/mol. The zero-order valence-electron chi connectivity index (χ0n) is 20.4. The van der Waals surface area contributed by atoms with E-state index in [9.17, 15) is 9.59 Å². The topological polar surface area (TPSA) is 123 Å². The quantitative estimate of drug-likeness (QED) is 0.213. The number of carbonyl (C=O) groups excluding carboxylic acids is 2. The molecule has 37 heavy (non-hydrogen) atoms. The van der Waals surface area contributed by atoms with Crippen LogP contribution in [0.15, 0.2) is 78.2 Å². The van der Waals surface area contributed by atoms with Gasteiger partial charge in [-0.15, -0.1) is 11.3 Å². The van der Waals surface area contributed by atoms with Gasteiger partial charge in [-0.2, -0.15) is 11.8 Å². The first-order chi connectivity index (χ1) is 18.0. The number of nitrogens with zero attached hydrogens (tertiary/aromatic N) is 1. The van der Waals surface area contributed by atoms with Crippen molar-refractivity contribution in [3.05, 3.63) is 89.3 Å². The minimum Gasteiger partial charge on any atom is -0.399 e. The van der Waals surface area contributed by atoms with Crippen molar-refractivity contribution in [3.63, 3.8) is 0 Å². The molecule has 0 aliphatic carbocycles. The second kappa shape index (κ2) is 12.5. The molecule has 2 amide bonds. The van der Waals surface area contributed by atoms with Crippen LogP contribution in [0.4, 0.5) is 10.8 Å². The van der Waals surface area contributed by atoms with Crippen LogP contribution in [0.5, 0.6) is 0 Å². The van der Waals surface area contributed by atoms with Crippen molar-refractivity contribution < 1.29 is 9.59 Å². The lowest BCUT2D eigenvalue weighted by Gasteiger charge is -2.17. The predicted molar refractivity (Wildman–Crippen MR) is 155 cm³/mol. The maximum absolute atomic E-state index is 13.1. The van der Waals surface area contributed by atoms with Gasteiger partial charge in [0.2, 0.25) is 5.91 Å². The van der Waals surface area contributed by atoms with E-state index in [1.807, 2.05) is 35.9 Å². The molecule has 0 radical (unpaired) electrons. The van der Waals surface area contributed by atoms with E-state index in [1.54, 1.807) is 36.0 Å². The van der Waals surface area contributed by atoms with Gasteiger partial charge < -0.3 is 22.1 Å². The lowest BCUT2D eigenvalue weighted by molar-refractivity contribution is -0.118. The van der Waals surface area contributed by atoms with Crippen LogP contribution in [0.25, 0.3) is 22.4 Å². The zero-order valence-corrected chi connectivity index (χ0v) is 22.1. The van der Waals surface area contributed by atoms with Crippen LogP contribution in [0.1, 0.15) is 22.3 Å². The number of hydrogen-bond acceptors (Lipinski definition) is 7. The molecule has 4 rings (SSSR count). The highest BCUT2D eigenvalue weighted by atomic mass is 32.2. The van der Waals surface area contributed by atoms with Crippen LogP contribution in [0.2, 0.25) is 0 Å². The lowest BCUT2D eigenvalue weighted by atomic mass is 10.0. The molecule has 0 saturated carbocycles. The molecule has 1 heterocycles. The Bertz CT molecular complexity index is 1350. The maximum Gasteiger partial charge on any atom is 0.251 e. The van der Waals surface area contributed by atoms with Gasteiger partial charge >= 0.3 is 0 Å². The number of nitrogens with two attached hydrogens (primary N) is 2. The number of nitrogen functional groups attached to an aromatic ring is 1. The van der Waals surface area contributed by atoms with Crippen LogP contribution in [-0.2, 0) is 11.3 Å². The van der Waals surface area contributed by atoms with Gasteiger partial charge in [-0.05, 0) is 65.5 Å². The first kappa shape index (κ1) is 26.4. The third kappa shape index (κ3) is 6.97. The second-order valence-electron chi connectivity index (χ2n) is 8.44. The fourth-order valence-corrected chi connectivity index (χ4v) is 4.92. The Morgan fingerprint density at radius 2 is 1.73 bits per heavy atom. The fourth-order valence-electron chi connectivity index (χ4n) is 3.73. The molecule has 1 atom stereocenters. The molecule has 0 aliphatic rings. The van der Waals surface area contributed by atoms with E-state index in [0.717, 1.165) is 33.7 Å². The third-order valence-corrected chi connectivity index (χ3v) is 7.22. The van der Waals surface area contributed by atoms with Gasteiger partial charge in [0, 0.05) is 28.7 Å². The molecule has 7 nitrogen and oxygen atoms in total.